The molecule has 0 aliphatic rings. The van der Waals surface area contributed by atoms with E-state index in [4.69, 9.17) is 0 Å². The Labute approximate surface area is 98.6 Å². The van der Waals surface area contributed by atoms with Gasteiger partial charge >= 0.3 is 0 Å². The lowest BCUT2D eigenvalue weighted by Gasteiger charge is -2.04. The lowest BCUT2D eigenvalue weighted by atomic mass is 10.0. The third kappa shape index (κ3) is 5.31. The SMILES string of the molecule is Cc1cc(C)cc(CCCCS(C)(=O)=O)c1. The van der Waals surface area contributed by atoms with Crippen molar-refractivity contribution in [3.8, 4) is 0 Å². The smallest absolute Gasteiger partial charge is 0.147 e. The molecule has 1 aromatic carbocycles. The van der Waals surface area contributed by atoms with Crippen LogP contribution in [0.3, 0.4) is 0 Å². The fourth-order valence-corrected chi connectivity index (χ4v) is 2.64. The maximum absolute atomic E-state index is 11.0. The largest absolute Gasteiger partial charge is 0.229 e. The molecule has 90 valence electrons. The van der Waals surface area contributed by atoms with Gasteiger partial charge in [0.1, 0.15) is 9.84 Å². The molecule has 0 N–H and O–H groups in total. The van der Waals surface area contributed by atoms with Crippen molar-refractivity contribution in [3.63, 3.8) is 0 Å². The van der Waals surface area contributed by atoms with Crippen LogP contribution in [0.5, 0.6) is 0 Å². The van der Waals surface area contributed by atoms with Crippen LogP contribution in [0.4, 0.5) is 0 Å². The van der Waals surface area contributed by atoms with E-state index in [1.54, 1.807) is 0 Å². The fraction of sp³-hybridized carbons (Fsp3) is 0.538. The topological polar surface area (TPSA) is 34.1 Å². The summed E-state index contributed by atoms with van der Waals surface area (Å²) in [6.07, 6.45) is 3.96. The Morgan fingerprint density at radius 3 is 2.06 bits per heavy atom. The van der Waals surface area contributed by atoms with Crippen molar-refractivity contribution in [1.82, 2.24) is 0 Å². The third-order valence-corrected chi connectivity index (χ3v) is 3.54. The number of unbranched alkanes of at least 4 members (excludes halogenated alkanes) is 1. The molecule has 0 atom stereocenters. The van der Waals surface area contributed by atoms with Crippen molar-refractivity contribution in [2.24, 2.45) is 0 Å². The molecule has 1 aromatic rings. The van der Waals surface area contributed by atoms with Gasteiger partial charge in [0.05, 0.1) is 0 Å². The molecule has 0 bridgehead atoms. The van der Waals surface area contributed by atoms with Crippen molar-refractivity contribution in [3.05, 3.63) is 34.9 Å². The second-order valence-electron chi connectivity index (χ2n) is 4.58. The van der Waals surface area contributed by atoms with Crippen molar-refractivity contribution in [2.75, 3.05) is 12.0 Å². The van der Waals surface area contributed by atoms with Gasteiger partial charge in [-0.3, -0.25) is 0 Å². The second-order valence-corrected chi connectivity index (χ2v) is 6.84. The van der Waals surface area contributed by atoms with Gasteiger partial charge in [-0.1, -0.05) is 29.3 Å². The summed E-state index contributed by atoms with van der Waals surface area (Å²) < 4.78 is 21.9. The van der Waals surface area contributed by atoms with Crippen LogP contribution in [-0.2, 0) is 16.3 Å². The first kappa shape index (κ1) is 13.2. The van der Waals surface area contributed by atoms with E-state index >= 15 is 0 Å². The lowest BCUT2D eigenvalue weighted by Crippen LogP contribution is -2.03. The van der Waals surface area contributed by atoms with Crippen LogP contribution < -0.4 is 0 Å². The predicted molar refractivity (Wildman–Crippen MR) is 68.6 cm³/mol. The molecule has 0 aliphatic heterocycles. The van der Waals surface area contributed by atoms with Crippen molar-refractivity contribution in [2.45, 2.75) is 33.1 Å². The van der Waals surface area contributed by atoms with Gasteiger partial charge < -0.3 is 0 Å². The van der Waals surface area contributed by atoms with Crippen LogP contribution in [0.2, 0.25) is 0 Å². The van der Waals surface area contributed by atoms with E-state index in [2.05, 4.69) is 32.0 Å². The van der Waals surface area contributed by atoms with E-state index in [-0.39, 0.29) is 0 Å². The normalized spacial score (nSPS) is 11.7. The van der Waals surface area contributed by atoms with Crippen molar-refractivity contribution >= 4 is 9.84 Å². The number of rotatable bonds is 5. The summed E-state index contributed by atoms with van der Waals surface area (Å²) in [5.41, 5.74) is 3.86. The van der Waals surface area contributed by atoms with Gasteiger partial charge in [-0.2, -0.15) is 0 Å². The molecule has 0 radical (unpaired) electrons. The minimum Gasteiger partial charge on any atom is -0.229 e. The first-order valence-electron chi connectivity index (χ1n) is 5.62. The maximum Gasteiger partial charge on any atom is 0.147 e. The molecular weight excluding hydrogens is 220 g/mol. The Morgan fingerprint density at radius 1 is 1.00 bits per heavy atom. The van der Waals surface area contributed by atoms with E-state index in [9.17, 15) is 8.42 Å². The molecule has 16 heavy (non-hydrogen) atoms. The Kier molecular flexibility index (Phi) is 4.54. The molecule has 0 saturated heterocycles. The minimum atomic E-state index is -2.79. The minimum absolute atomic E-state index is 0.303. The number of aryl methyl sites for hydroxylation is 3. The number of hydrogen-bond donors (Lipinski definition) is 0. The van der Waals surface area contributed by atoms with E-state index in [1.165, 1.54) is 22.9 Å². The zero-order valence-electron chi connectivity index (χ0n) is 10.3. The predicted octanol–water partition coefficient (Wildman–Crippen LogP) is 2.67. The highest BCUT2D eigenvalue weighted by molar-refractivity contribution is 7.90. The zero-order valence-corrected chi connectivity index (χ0v) is 11.1. The Bertz CT molecular complexity index is 427. The highest BCUT2D eigenvalue weighted by atomic mass is 32.2. The molecule has 0 fully saturated rings. The van der Waals surface area contributed by atoms with Crippen LogP contribution in [0.1, 0.15) is 29.5 Å². The van der Waals surface area contributed by atoms with Gasteiger partial charge in [0, 0.05) is 12.0 Å². The number of benzene rings is 1. The highest BCUT2D eigenvalue weighted by Gasteiger charge is 2.02. The maximum atomic E-state index is 11.0. The second kappa shape index (κ2) is 5.48. The Morgan fingerprint density at radius 2 is 1.56 bits per heavy atom. The van der Waals surface area contributed by atoms with Gasteiger partial charge in [0.25, 0.3) is 0 Å². The van der Waals surface area contributed by atoms with E-state index in [0.29, 0.717) is 5.75 Å². The van der Waals surface area contributed by atoms with Crippen LogP contribution >= 0.6 is 0 Å². The summed E-state index contributed by atoms with van der Waals surface area (Å²) in [5, 5.41) is 0. The molecule has 0 amide bonds. The molecule has 3 heteroatoms. The summed E-state index contributed by atoms with van der Waals surface area (Å²) in [5.74, 6) is 0.303. The molecule has 0 heterocycles. The third-order valence-electron chi connectivity index (χ3n) is 2.51. The van der Waals surface area contributed by atoms with Crippen LogP contribution in [0.25, 0.3) is 0 Å². The average molecular weight is 240 g/mol. The van der Waals surface area contributed by atoms with Crippen LogP contribution in [0.15, 0.2) is 18.2 Å². The summed E-state index contributed by atoms with van der Waals surface area (Å²) in [6, 6.07) is 6.50. The van der Waals surface area contributed by atoms with E-state index in [0.717, 1.165) is 19.3 Å². The van der Waals surface area contributed by atoms with Gasteiger partial charge in [0.2, 0.25) is 0 Å². The van der Waals surface area contributed by atoms with Gasteiger partial charge in [-0.15, -0.1) is 0 Å². The summed E-state index contributed by atoms with van der Waals surface area (Å²) in [4.78, 5) is 0. The monoisotopic (exact) mass is 240 g/mol. The zero-order chi connectivity index (χ0) is 12.2. The van der Waals surface area contributed by atoms with Gasteiger partial charge in [-0.25, -0.2) is 8.42 Å². The Balaban J connectivity index is 2.43. The molecular formula is C13H20O2S. The van der Waals surface area contributed by atoms with E-state index in [1.807, 2.05) is 0 Å². The molecule has 0 unspecified atom stereocenters. The number of hydrogen-bond acceptors (Lipinski definition) is 2. The lowest BCUT2D eigenvalue weighted by molar-refractivity contribution is 0.597. The average Bonchev–Trinajstić information content (AvgIpc) is 2.09. The van der Waals surface area contributed by atoms with E-state index < -0.39 is 9.84 Å². The molecule has 0 aliphatic carbocycles. The summed E-state index contributed by atoms with van der Waals surface area (Å²) in [6.45, 7) is 4.18. The number of sulfone groups is 1. The standard InChI is InChI=1S/C13H20O2S/c1-11-8-12(2)10-13(9-11)6-4-5-7-16(3,14)15/h8-10H,4-7H2,1-3H3. The van der Waals surface area contributed by atoms with Crippen molar-refractivity contribution < 1.29 is 8.42 Å². The molecule has 1 rings (SSSR count). The quantitative estimate of drug-likeness (QED) is 0.742. The van der Waals surface area contributed by atoms with Gasteiger partial charge in [0.15, 0.2) is 0 Å². The first-order chi connectivity index (χ1) is 7.37. The van der Waals surface area contributed by atoms with Crippen molar-refractivity contribution in [1.29, 1.82) is 0 Å². The fourth-order valence-electron chi connectivity index (χ4n) is 1.91. The Hall–Kier alpha value is -0.830. The van der Waals surface area contributed by atoms with Gasteiger partial charge in [-0.05, 0) is 38.7 Å². The van der Waals surface area contributed by atoms with Crippen LogP contribution in [-0.4, -0.2) is 20.4 Å². The molecule has 0 aromatic heterocycles. The summed E-state index contributed by atoms with van der Waals surface area (Å²) >= 11 is 0. The molecule has 2 nitrogen and oxygen atoms in total. The summed E-state index contributed by atoms with van der Waals surface area (Å²) in [7, 11) is -2.79. The first-order valence-corrected chi connectivity index (χ1v) is 7.68. The highest BCUT2D eigenvalue weighted by Crippen LogP contribution is 2.11. The van der Waals surface area contributed by atoms with Crippen LogP contribution in [0, 0.1) is 13.8 Å². The molecule has 0 spiro atoms. The molecule has 0 saturated carbocycles.